The topological polar surface area (TPSA) is 43.1 Å². The molecule has 3 heteroatoms. The highest BCUT2D eigenvalue weighted by atomic mass is 16.6. The van der Waals surface area contributed by atoms with Gasteiger partial charge in [0.05, 0.1) is 4.92 Å². The second-order valence-electron chi connectivity index (χ2n) is 4.57. The van der Waals surface area contributed by atoms with E-state index >= 15 is 0 Å². The summed E-state index contributed by atoms with van der Waals surface area (Å²) in [4.78, 5) is 10.6. The van der Waals surface area contributed by atoms with Gasteiger partial charge in [0, 0.05) is 11.6 Å². The molecule has 0 fully saturated rings. The van der Waals surface area contributed by atoms with Gasteiger partial charge < -0.3 is 0 Å². The van der Waals surface area contributed by atoms with Gasteiger partial charge in [-0.2, -0.15) is 0 Å². The quantitative estimate of drug-likeness (QED) is 0.391. The predicted octanol–water partition coefficient (Wildman–Crippen LogP) is 4.67. The maximum absolute atomic E-state index is 10.9. The number of hydrogen-bond donors (Lipinski definition) is 0. The summed E-state index contributed by atoms with van der Waals surface area (Å²) in [6.07, 6.45) is 5.89. The summed E-state index contributed by atoms with van der Waals surface area (Å²) in [6, 6.07) is 7.08. The molecule has 0 spiro atoms. The molecule has 0 aliphatic rings. The van der Waals surface area contributed by atoms with Gasteiger partial charge in [-0.25, -0.2) is 0 Å². The lowest BCUT2D eigenvalue weighted by molar-refractivity contribution is -0.385. The number of nitro groups is 1. The zero-order valence-electron chi connectivity index (χ0n) is 10.7. The van der Waals surface area contributed by atoms with Crippen LogP contribution in [0.25, 0.3) is 0 Å². The van der Waals surface area contributed by atoms with Crippen LogP contribution >= 0.6 is 0 Å². The molecule has 17 heavy (non-hydrogen) atoms. The van der Waals surface area contributed by atoms with Crippen molar-refractivity contribution < 1.29 is 4.92 Å². The van der Waals surface area contributed by atoms with Crippen molar-refractivity contribution in [1.29, 1.82) is 0 Å². The molecule has 1 rings (SSSR count). The van der Waals surface area contributed by atoms with Gasteiger partial charge in [0.1, 0.15) is 0 Å². The number of unbranched alkanes of at least 4 members (excludes halogenated alkanes) is 3. The van der Waals surface area contributed by atoms with Crippen molar-refractivity contribution in [2.75, 3.05) is 0 Å². The van der Waals surface area contributed by atoms with Crippen LogP contribution in [0.4, 0.5) is 5.69 Å². The Bertz CT molecular complexity index is 363. The van der Waals surface area contributed by atoms with Crippen molar-refractivity contribution in [2.45, 2.75) is 51.9 Å². The highest BCUT2D eigenvalue weighted by molar-refractivity contribution is 5.41. The van der Waals surface area contributed by atoms with Crippen molar-refractivity contribution in [3.63, 3.8) is 0 Å². The summed E-state index contributed by atoms with van der Waals surface area (Å²) in [6.45, 7) is 4.26. The van der Waals surface area contributed by atoms with Crippen LogP contribution in [0.2, 0.25) is 0 Å². The number of hydrogen-bond acceptors (Lipinski definition) is 2. The van der Waals surface area contributed by atoms with Gasteiger partial charge in [-0.1, -0.05) is 57.7 Å². The molecular formula is C14H21NO2. The molecule has 3 nitrogen and oxygen atoms in total. The monoisotopic (exact) mass is 235 g/mol. The minimum absolute atomic E-state index is 0.260. The van der Waals surface area contributed by atoms with E-state index in [2.05, 4.69) is 13.8 Å². The highest BCUT2D eigenvalue weighted by Gasteiger charge is 2.17. The first-order valence-electron chi connectivity index (χ1n) is 6.40. The Kier molecular flexibility index (Phi) is 5.67. The third kappa shape index (κ3) is 4.17. The van der Waals surface area contributed by atoms with E-state index in [1.54, 1.807) is 12.1 Å². The molecule has 0 radical (unpaired) electrons. The van der Waals surface area contributed by atoms with E-state index in [0.29, 0.717) is 0 Å². The van der Waals surface area contributed by atoms with Crippen LogP contribution in [0.5, 0.6) is 0 Å². The van der Waals surface area contributed by atoms with Crippen molar-refractivity contribution in [2.24, 2.45) is 0 Å². The summed E-state index contributed by atoms with van der Waals surface area (Å²) < 4.78 is 0. The minimum atomic E-state index is -0.280. The first-order chi connectivity index (χ1) is 8.16. The van der Waals surface area contributed by atoms with E-state index in [1.807, 2.05) is 12.1 Å². The Morgan fingerprint density at radius 3 is 2.59 bits per heavy atom. The molecule has 1 aromatic carbocycles. The Hall–Kier alpha value is -1.38. The lowest BCUT2D eigenvalue weighted by Crippen LogP contribution is -1.99. The SMILES string of the molecule is CCCCCCC(C)c1ccccc1[N+](=O)[O-]. The standard InChI is InChI=1S/C14H21NO2/c1-3-4-5-6-9-12(2)13-10-7-8-11-14(13)15(16)17/h7-8,10-12H,3-6,9H2,1-2H3. The Morgan fingerprint density at radius 1 is 1.24 bits per heavy atom. The molecule has 94 valence electrons. The lowest BCUT2D eigenvalue weighted by atomic mass is 9.93. The van der Waals surface area contributed by atoms with Gasteiger partial charge >= 0.3 is 0 Å². The van der Waals surface area contributed by atoms with Crippen LogP contribution in [0.1, 0.15) is 57.4 Å². The molecule has 1 aromatic rings. The first-order valence-corrected chi connectivity index (χ1v) is 6.40. The molecule has 0 amide bonds. The fourth-order valence-corrected chi connectivity index (χ4v) is 2.10. The van der Waals surface area contributed by atoms with Crippen LogP contribution in [0.3, 0.4) is 0 Å². The molecule has 0 aliphatic heterocycles. The molecule has 0 bridgehead atoms. The molecule has 0 aromatic heterocycles. The summed E-state index contributed by atoms with van der Waals surface area (Å²) in [7, 11) is 0. The van der Waals surface area contributed by atoms with E-state index < -0.39 is 0 Å². The number of para-hydroxylation sites is 1. The predicted molar refractivity (Wildman–Crippen MR) is 70.3 cm³/mol. The highest BCUT2D eigenvalue weighted by Crippen LogP contribution is 2.29. The Morgan fingerprint density at radius 2 is 1.94 bits per heavy atom. The number of rotatable bonds is 7. The first kappa shape index (κ1) is 13.7. The second kappa shape index (κ2) is 7.05. The van der Waals surface area contributed by atoms with Gasteiger partial charge in [-0.15, -0.1) is 0 Å². The number of nitro benzene ring substituents is 1. The zero-order valence-corrected chi connectivity index (χ0v) is 10.7. The average Bonchev–Trinajstić information content (AvgIpc) is 2.34. The number of benzene rings is 1. The zero-order chi connectivity index (χ0) is 12.7. The molecular weight excluding hydrogens is 214 g/mol. The van der Waals surface area contributed by atoms with Crippen LogP contribution < -0.4 is 0 Å². The van der Waals surface area contributed by atoms with Crippen molar-refractivity contribution in [3.05, 3.63) is 39.9 Å². The summed E-state index contributed by atoms with van der Waals surface area (Å²) in [5, 5.41) is 10.9. The van der Waals surface area contributed by atoms with Gasteiger partial charge in [0.2, 0.25) is 0 Å². The van der Waals surface area contributed by atoms with Gasteiger partial charge in [-0.05, 0) is 12.3 Å². The van der Waals surface area contributed by atoms with E-state index in [4.69, 9.17) is 0 Å². The van der Waals surface area contributed by atoms with Crippen molar-refractivity contribution in [3.8, 4) is 0 Å². The molecule has 1 unspecified atom stereocenters. The normalized spacial score (nSPS) is 12.4. The summed E-state index contributed by atoms with van der Waals surface area (Å²) >= 11 is 0. The molecule has 0 saturated carbocycles. The van der Waals surface area contributed by atoms with E-state index in [0.717, 1.165) is 18.4 Å². The largest absolute Gasteiger partial charge is 0.272 e. The van der Waals surface area contributed by atoms with E-state index in [9.17, 15) is 10.1 Å². The Balaban J connectivity index is 2.62. The van der Waals surface area contributed by atoms with E-state index in [-0.39, 0.29) is 16.5 Å². The second-order valence-corrected chi connectivity index (χ2v) is 4.57. The third-order valence-electron chi connectivity index (χ3n) is 3.16. The molecule has 0 saturated heterocycles. The minimum Gasteiger partial charge on any atom is -0.258 e. The molecule has 0 N–H and O–H groups in total. The van der Waals surface area contributed by atoms with Crippen molar-refractivity contribution >= 4 is 5.69 Å². The fourth-order valence-electron chi connectivity index (χ4n) is 2.10. The Labute approximate surface area is 103 Å². The van der Waals surface area contributed by atoms with Crippen LogP contribution in [-0.4, -0.2) is 4.92 Å². The van der Waals surface area contributed by atoms with E-state index in [1.165, 1.54) is 19.3 Å². The summed E-state index contributed by atoms with van der Waals surface area (Å²) in [5.41, 5.74) is 1.13. The molecule has 0 heterocycles. The van der Waals surface area contributed by atoms with Crippen molar-refractivity contribution in [1.82, 2.24) is 0 Å². The average molecular weight is 235 g/mol. The van der Waals surface area contributed by atoms with Gasteiger partial charge in [0.15, 0.2) is 0 Å². The lowest BCUT2D eigenvalue weighted by Gasteiger charge is -2.11. The third-order valence-corrected chi connectivity index (χ3v) is 3.16. The molecule has 1 atom stereocenters. The maximum Gasteiger partial charge on any atom is 0.272 e. The van der Waals surface area contributed by atoms with Crippen LogP contribution in [0, 0.1) is 10.1 Å². The number of nitrogens with zero attached hydrogens (tertiary/aromatic N) is 1. The van der Waals surface area contributed by atoms with Crippen LogP contribution in [-0.2, 0) is 0 Å². The fraction of sp³-hybridized carbons (Fsp3) is 0.571. The summed E-state index contributed by atoms with van der Waals surface area (Å²) in [5.74, 6) is 0.272. The maximum atomic E-state index is 10.9. The van der Waals surface area contributed by atoms with Crippen LogP contribution in [0.15, 0.2) is 24.3 Å². The van der Waals surface area contributed by atoms with Gasteiger partial charge in [0.25, 0.3) is 5.69 Å². The van der Waals surface area contributed by atoms with Gasteiger partial charge in [-0.3, -0.25) is 10.1 Å². The smallest absolute Gasteiger partial charge is 0.258 e. The molecule has 0 aliphatic carbocycles.